The maximum Gasteiger partial charge on any atom is 0.128 e. The number of nitrogens with one attached hydrogen (secondary N) is 1. The summed E-state index contributed by atoms with van der Waals surface area (Å²) in [5.41, 5.74) is 3.82. The minimum Gasteiger partial charge on any atom is -0.359 e. The van der Waals surface area contributed by atoms with E-state index in [1.54, 1.807) is 0 Å². The molecule has 1 aromatic carbocycles. The van der Waals surface area contributed by atoms with E-state index in [4.69, 9.17) is 4.98 Å². The maximum atomic E-state index is 4.74. The molecule has 0 saturated carbocycles. The predicted molar refractivity (Wildman–Crippen MR) is 89.8 cm³/mol. The fourth-order valence-corrected chi connectivity index (χ4v) is 2.37. The largest absolute Gasteiger partial charge is 0.359 e. The Balaban J connectivity index is 2.07. The predicted octanol–water partition coefficient (Wildman–Crippen LogP) is 3.04. The molecule has 1 heterocycles. The lowest BCUT2D eigenvalue weighted by atomic mass is 10.1. The molecule has 1 aromatic heterocycles. The lowest BCUT2D eigenvalue weighted by Gasteiger charge is -2.20. The van der Waals surface area contributed by atoms with Gasteiger partial charge in [-0.05, 0) is 43.1 Å². The molecule has 0 unspecified atom stereocenters. The molecule has 0 saturated heterocycles. The molecule has 0 fully saturated rings. The molecule has 0 bridgehead atoms. The maximum absolute atomic E-state index is 4.74. The van der Waals surface area contributed by atoms with E-state index in [9.17, 15) is 0 Å². The summed E-state index contributed by atoms with van der Waals surface area (Å²) in [6, 6.07) is 15.0. The highest BCUT2D eigenvalue weighted by Gasteiger charge is 2.06. The number of hydrogen-bond acceptors (Lipinski definition) is 3. The van der Waals surface area contributed by atoms with Crippen molar-refractivity contribution in [3.63, 3.8) is 0 Å². The van der Waals surface area contributed by atoms with Crippen LogP contribution in [0.5, 0.6) is 0 Å². The minimum atomic E-state index is 0.884. The van der Waals surface area contributed by atoms with Crippen molar-refractivity contribution in [3.05, 3.63) is 59.3 Å². The molecule has 0 aliphatic rings. The van der Waals surface area contributed by atoms with Crippen LogP contribution in [0.15, 0.2) is 42.5 Å². The summed E-state index contributed by atoms with van der Waals surface area (Å²) in [7, 11) is 4.10. The van der Waals surface area contributed by atoms with Crippen molar-refractivity contribution >= 4 is 5.82 Å². The Bertz CT molecular complexity index is 552. The summed E-state index contributed by atoms with van der Waals surface area (Å²) in [4.78, 5) is 6.99. The summed E-state index contributed by atoms with van der Waals surface area (Å²) in [6.07, 6.45) is 2.01. The van der Waals surface area contributed by atoms with Crippen LogP contribution in [0.3, 0.4) is 0 Å². The first-order valence-corrected chi connectivity index (χ1v) is 7.62. The van der Waals surface area contributed by atoms with Gasteiger partial charge >= 0.3 is 0 Å². The van der Waals surface area contributed by atoms with Gasteiger partial charge in [0.15, 0.2) is 0 Å². The Labute approximate surface area is 128 Å². The summed E-state index contributed by atoms with van der Waals surface area (Å²) in [5.74, 6) is 1.07. The van der Waals surface area contributed by atoms with Gasteiger partial charge in [0.1, 0.15) is 5.82 Å². The Morgan fingerprint density at radius 1 is 1.10 bits per heavy atom. The lowest BCUT2D eigenvalue weighted by Crippen LogP contribution is -2.22. The highest BCUT2D eigenvalue weighted by atomic mass is 15.2. The van der Waals surface area contributed by atoms with Gasteiger partial charge in [-0.3, -0.25) is 0 Å². The number of nitrogens with zero attached hydrogens (tertiary/aromatic N) is 2. The SMILES string of the molecule is CCc1cc(CNC)cc(N(C)CCc2ccccc2)n1. The van der Waals surface area contributed by atoms with Crippen molar-refractivity contribution < 1.29 is 0 Å². The van der Waals surface area contributed by atoms with Crippen molar-refractivity contribution in [1.29, 1.82) is 0 Å². The van der Waals surface area contributed by atoms with E-state index in [-0.39, 0.29) is 0 Å². The second kappa shape index (κ2) is 7.79. The molecule has 0 spiro atoms. The number of benzene rings is 1. The highest BCUT2D eigenvalue weighted by Crippen LogP contribution is 2.15. The van der Waals surface area contributed by atoms with Gasteiger partial charge in [-0.15, -0.1) is 0 Å². The zero-order valence-electron chi connectivity index (χ0n) is 13.3. The summed E-state index contributed by atoms with van der Waals surface area (Å²) in [6.45, 7) is 4.01. The highest BCUT2D eigenvalue weighted by molar-refractivity contribution is 5.42. The first-order chi connectivity index (χ1) is 10.2. The van der Waals surface area contributed by atoms with E-state index in [0.717, 1.165) is 37.4 Å². The number of aryl methyl sites for hydroxylation is 1. The molecular formula is C18H25N3. The zero-order valence-corrected chi connectivity index (χ0v) is 13.3. The number of aromatic nitrogens is 1. The quantitative estimate of drug-likeness (QED) is 0.846. The number of anilines is 1. The van der Waals surface area contributed by atoms with E-state index in [0.29, 0.717) is 0 Å². The van der Waals surface area contributed by atoms with E-state index >= 15 is 0 Å². The third-order valence-electron chi connectivity index (χ3n) is 3.64. The number of rotatable bonds is 7. The second-order valence-electron chi connectivity index (χ2n) is 5.37. The normalized spacial score (nSPS) is 10.6. The van der Waals surface area contributed by atoms with Crippen molar-refractivity contribution in [2.24, 2.45) is 0 Å². The Kier molecular flexibility index (Phi) is 5.76. The molecule has 0 atom stereocenters. The van der Waals surface area contributed by atoms with E-state index in [1.165, 1.54) is 11.1 Å². The molecule has 112 valence electrons. The van der Waals surface area contributed by atoms with Crippen LogP contribution in [-0.2, 0) is 19.4 Å². The first kappa shape index (κ1) is 15.5. The van der Waals surface area contributed by atoms with Crippen LogP contribution in [0.25, 0.3) is 0 Å². The standard InChI is InChI=1S/C18H25N3/c1-4-17-12-16(14-19-2)13-18(20-17)21(3)11-10-15-8-6-5-7-9-15/h5-9,12-13,19H,4,10-11,14H2,1-3H3. The molecule has 2 aromatic rings. The van der Waals surface area contributed by atoms with Gasteiger partial charge in [-0.1, -0.05) is 37.3 Å². The van der Waals surface area contributed by atoms with E-state index in [1.807, 2.05) is 7.05 Å². The average Bonchev–Trinajstić information content (AvgIpc) is 2.53. The third kappa shape index (κ3) is 4.57. The van der Waals surface area contributed by atoms with Crippen LogP contribution in [-0.4, -0.2) is 25.6 Å². The van der Waals surface area contributed by atoms with Crippen LogP contribution in [0.2, 0.25) is 0 Å². The van der Waals surface area contributed by atoms with Crippen LogP contribution >= 0.6 is 0 Å². The third-order valence-corrected chi connectivity index (χ3v) is 3.64. The molecule has 0 amide bonds. The van der Waals surface area contributed by atoms with Crippen molar-refractivity contribution in [2.45, 2.75) is 26.3 Å². The lowest BCUT2D eigenvalue weighted by molar-refractivity contribution is 0.802. The molecule has 3 heteroatoms. The molecular weight excluding hydrogens is 258 g/mol. The fraction of sp³-hybridized carbons (Fsp3) is 0.389. The fourth-order valence-electron chi connectivity index (χ4n) is 2.37. The van der Waals surface area contributed by atoms with Gasteiger partial charge in [0.2, 0.25) is 0 Å². The second-order valence-corrected chi connectivity index (χ2v) is 5.37. The van der Waals surface area contributed by atoms with E-state index in [2.05, 4.69) is 66.7 Å². The monoisotopic (exact) mass is 283 g/mol. The molecule has 2 rings (SSSR count). The van der Waals surface area contributed by atoms with Gasteiger partial charge in [0.05, 0.1) is 0 Å². The Hall–Kier alpha value is -1.87. The zero-order chi connectivity index (χ0) is 15.1. The summed E-state index contributed by atoms with van der Waals surface area (Å²) >= 11 is 0. The molecule has 3 nitrogen and oxygen atoms in total. The average molecular weight is 283 g/mol. The van der Waals surface area contributed by atoms with Crippen LogP contribution in [0, 0.1) is 0 Å². The topological polar surface area (TPSA) is 28.2 Å². The Morgan fingerprint density at radius 2 is 1.86 bits per heavy atom. The van der Waals surface area contributed by atoms with Crippen LogP contribution in [0.4, 0.5) is 5.82 Å². The first-order valence-electron chi connectivity index (χ1n) is 7.62. The van der Waals surface area contributed by atoms with E-state index < -0.39 is 0 Å². The summed E-state index contributed by atoms with van der Waals surface area (Å²) < 4.78 is 0. The smallest absolute Gasteiger partial charge is 0.128 e. The number of pyridine rings is 1. The molecule has 0 aliphatic heterocycles. The van der Waals surface area contributed by atoms with Crippen molar-refractivity contribution in [2.75, 3.05) is 25.5 Å². The van der Waals surface area contributed by atoms with Crippen molar-refractivity contribution in [1.82, 2.24) is 10.3 Å². The molecule has 21 heavy (non-hydrogen) atoms. The van der Waals surface area contributed by atoms with Gasteiger partial charge in [-0.2, -0.15) is 0 Å². The van der Waals surface area contributed by atoms with Gasteiger partial charge < -0.3 is 10.2 Å². The van der Waals surface area contributed by atoms with Gasteiger partial charge in [-0.25, -0.2) is 4.98 Å². The van der Waals surface area contributed by atoms with Crippen LogP contribution in [0.1, 0.15) is 23.7 Å². The van der Waals surface area contributed by atoms with Gasteiger partial charge in [0, 0.05) is 25.8 Å². The van der Waals surface area contributed by atoms with Gasteiger partial charge in [0.25, 0.3) is 0 Å². The summed E-state index contributed by atoms with van der Waals surface area (Å²) in [5, 5.41) is 3.21. The number of hydrogen-bond donors (Lipinski definition) is 1. The van der Waals surface area contributed by atoms with Crippen molar-refractivity contribution in [3.8, 4) is 0 Å². The molecule has 0 aliphatic carbocycles. The van der Waals surface area contributed by atoms with Crippen LogP contribution < -0.4 is 10.2 Å². The Morgan fingerprint density at radius 3 is 2.52 bits per heavy atom. The minimum absolute atomic E-state index is 0.884. The molecule has 1 N–H and O–H groups in total. The number of likely N-dealkylation sites (N-methyl/N-ethyl adjacent to an activating group) is 1. The molecule has 0 radical (unpaired) electrons.